The van der Waals surface area contributed by atoms with Crippen LogP contribution in [-0.4, -0.2) is 24.5 Å². The van der Waals surface area contributed by atoms with Crippen LogP contribution in [0.25, 0.3) is 0 Å². The van der Waals surface area contributed by atoms with E-state index in [1.54, 1.807) is 0 Å². The van der Waals surface area contributed by atoms with Crippen molar-refractivity contribution < 1.29 is 0 Å². The maximum absolute atomic E-state index is 6.41. The number of hydrogen-bond donors (Lipinski definition) is 1. The molecule has 1 aromatic rings. The summed E-state index contributed by atoms with van der Waals surface area (Å²) in [5.41, 5.74) is 7.64. The van der Waals surface area contributed by atoms with Gasteiger partial charge in [-0.15, -0.1) is 0 Å². The highest BCUT2D eigenvalue weighted by Crippen LogP contribution is 2.35. The number of nitrogens with two attached hydrogens (primary N) is 1. The Balaban J connectivity index is 2.19. The van der Waals surface area contributed by atoms with E-state index in [-0.39, 0.29) is 6.04 Å². The minimum Gasteiger partial charge on any atom is -0.329 e. The van der Waals surface area contributed by atoms with Gasteiger partial charge in [0.05, 0.1) is 0 Å². The lowest BCUT2D eigenvalue weighted by Gasteiger charge is -2.31. The smallest absolute Gasteiger partial charge is 0.0485 e. The number of halogens is 2. The fourth-order valence-corrected chi connectivity index (χ4v) is 3.80. The molecule has 20 heavy (non-hydrogen) atoms. The van der Waals surface area contributed by atoms with Gasteiger partial charge in [0.25, 0.3) is 0 Å². The maximum Gasteiger partial charge on any atom is 0.0485 e. The van der Waals surface area contributed by atoms with Gasteiger partial charge in [0.1, 0.15) is 0 Å². The van der Waals surface area contributed by atoms with E-state index in [1.807, 2.05) is 12.1 Å². The van der Waals surface area contributed by atoms with Crippen LogP contribution in [0, 0.1) is 5.41 Å². The number of benzene rings is 1. The second-order valence-corrected chi connectivity index (χ2v) is 7.79. The van der Waals surface area contributed by atoms with Gasteiger partial charge in [-0.2, -0.15) is 0 Å². The Morgan fingerprint density at radius 2 is 2.10 bits per heavy atom. The monoisotopic (exact) mass is 358 g/mol. The predicted molar refractivity (Wildman–Crippen MR) is 90.2 cm³/mol. The van der Waals surface area contributed by atoms with Crippen LogP contribution in [0.15, 0.2) is 22.7 Å². The lowest BCUT2D eigenvalue weighted by molar-refractivity contribution is 0.200. The largest absolute Gasteiger partial charge is 0.329 e. The Labute approximate surface area is 135 Å². The van der Waals surface area contributed by atoms with Gasteiger partial charge < -0.3 is 5.73 Å². The molecule has 0 aromatic heterocycles. The van der Waals surface area contributed by atoms with Crippen LogP contribution in [0.3, 0.4) is 0 Å². The number of rotatable bonds is 3. The van der Waals surface area contributed by atoms with Crippen molar-refractivity contribution in [3.63, 3.8) is 0 Å². The molecule has 0 aliphatic carbocycles. The molecule has 1 heterocycles. The molecule has 1 aromatic carbocycles. The molecule has 1 unspecified atom stereocenters. The van der Waals surface area contributed by atoms with Crippen molar-refractivity contribution in [3.8, 4) is 0 Å². The normalized spacial score (nSPS) is 21.4. The molecule has 2 nitrogen and oxygen atoms in total. The Morgan fingerprint density at radius 3 is 2.75 bits per heavy atom. The zero-order chi connectivity index (χ0) is 14.8. The number of nitrogens with zero attached hydrogens (tertiary/aromatic N) is 1. The van der Waals surface area contributed by atoms with Crippen LogP contribution in [-0.2, 0) is 0 Å². The van der Waals surface area contributed by atoms with Gasteiger partial charge >= 0.3 is 0 Å². The summed E-state index contributed by atoms with van der Waals surface area (Å²) in [6.45, 7) is 7.54. The van der Waals surface area contributed by atoms with E-state index in [1.165, 1.54) is 19.3 Å². The molecule has 4 heteroatoms. The molecule has 1 fully saturated rings. The van der Waals surface area contributed by atoms with Gasteiger partial charge in [-0.05, 0) is 55.5 Å². The summed E-state index contributed by atoms with van der Waals surface area (Å²) in [5, 5.41) is 0.804. The molecule has 2 rings (SSSR count). The van der Waals surface area contributed by atoms with Crippen molar-refractivity contribution >= 4 is 27.5 Å². The molecule has 1 aliphatic rings. The SMILES string of the molecule is CC1(C)CCCN(C(CN)c2ccc(Br)cc2Cl)CC1. The molecular weight excluding hydrogens is 336 g/mol. The summed E-state index contributed by atoms with van der Waals surface area (Å²) in [6.07, 6.45) is 3.74. The Morgan fingerprint density at radius 1 is 1.35 bits per heavy atom. The van der Waals surface area contributed by atoms with Crippen molar-refractivity contribution in [2.45, 2.75) is 39.2 Å². The number of likely N-dealkylation sites (tertiary alicyclic amines) is 1. The lowest BCUT2D eigenvalue weighted by Crippen LogP contribution is -2.35. The highest BCUT2D eigenvalue weighted by molar-refractivity contribution is 9.10. The van der Waals surface area contributed by atoms with Gasteiger partial charge in [-0.25, -0.2) is 0 Å². The minimum absolute atomic E-state index is 0.226. The van der Waals surface area contributed by atoms with E-state index < -0.39 is 0 Å². The second kappa shape index (κ2) is 6.78. The molecular formula is C16H24BrClN2. The topological polar surface area (TPSA) is 29.3 Å². The van der Waals surface area contributed by atoms with E-state index in [4.69, 9.17) is 17.3 Å². The van der Waals surface area contributed by atoms with Gasteiger partial charge in [0.2, 0.25) is 0 Å². The van der Waals surface area contributed by atoms with Crippen LogP contribution >= 0.6 is 27.5 Å². The standard InChI is InChI=1S/C16H24BrClN2/c1-16(2)6-3-8-20(9-7-16)15(11-19)13-5-4-12(17)10-14(13)18/h4-5,10,15H,3,6-9,11,19H2,1-2H3. The van der Waals surface area contributed by atoms with Crippen LogP contribution in [0.2, 0.25) is 5.02 Å². The van der Waals surface area contributed by atoms with Gasteiger partial charge in [0, 0.05) is 22.1 Å². The Hall–Kier alpha value is -0.0900. The fraction of sp³-hybridized carbons (Fsp3) is 0.625. The maximum atomic E-state index is 6.41. The van der Waals surface area contributed by atoms with Crippen LogP contribution in [0.5, 0.6) is 0 Å². The van der Waals surface area contributed by atoms with Crippen molar-refractivity contribution in [3.05, 3.63) is 33.3 Å². The van der Waals surface area contributed by atoms with Crippen molar-refractivity contribution in [2.75, 3.05) is 19.6 Å². The first-order valence-electron chi connectivity index (χ1n) is 7.32. The van der Waals surface area contributed by atoms with Crippen LogP contribution < -0.4 is 5.73 Å². The number of hydrogen-bond acceptors (Lipinski definition) is 2. The predicted octanol–water partition coefficient (Wildman–Crippen LogP) is 4.61. The summed E-state index contributed by atoms with van der Waals surface area (Å²) in [7, 11) is 0. The van der Waals surface area contributed by atoms with E-state index in [0.29, 0.717) is 12.0 Å². The minimum atomic E-state index is 0.226. The summed E-state index contributed by atoms with van der Waals surface area (Å²) in [5.74, 6) is 0. The molecule has 112 valence electrons. The van der Waals surface area contributed by atoms with Crippen molar-refractivity contribution in [2.24, 2.45) is 11.1 Å². The molecule has 1 atom stereocenters. The molecule has 0 bridgehead atoms. The second-order valence-electron chi connectivity index (χ2n) is 6.47. The van der Waals surface area contributed by atoms with E-state index in [2.05, 4.69) is 40.7 Å². The third-order valence-electron chi connectivity index (χ3n) is 4.36. The summed E-state index contributed by atoms with van der Waals surface area (Å²) < 4.78 is 1.01. The third-order valence-corrected chi connectivity index (χ3v) is 5.18. The summed E-state index contributed by atoms with van der Waals surface area (Å²) in [6, 6.07) is 6.33. The molecule has 0 saturated carbocycles. The van der Waals surface area contributed by atoms with Crippen LogP contribution in [0.4, 0.5) is 0 Å². The van der Waals surface area contributed by atoms with Crippen molar-refractivity contribution in [1.29, 1.82) is 0 Å². The fourth-order valence-electron chi connectivity index (χ4n) is 3.00. The Kier molecular flexibility index (Phi) is 5.52. The average molecular weight is 360 g/mol. The van der Waals surface area contributed by atoms with Gasteiger partial charge in [-0.3, -0.25) is 4.90 Å². The first-order valence-corrected chi connectivity index (χ1v) is 8.49. The summed E-state index contributed by atoms with van der Waals surface area (Å²) >= 11 is 9.87. The zero-order valence-corrected chi connectivity index (χ0v) is 14.7. The average Bonchev–Trinajstić information content (AvgIpc) is 2.54. The first kappa shape index (κ1) is 16.3. The Bertz CT molecular complexity index is 462. The lowest BCUT2D eigenvalue weighted by atomic mass is 9.85. The molecule has 0 spiro atoms. The third kappa shape index (κ3) is 3.97. The van der Waals surface area contributed by atoms with Crippen LogP contribution in [0.1, 0.15) is 44.7 Å². The van der Waals surface area contributed by atoms with Crippen molar-refractivity contribution in [1.82, 2.24) is 4.90 Å². The molecule has 0 radical (unpaired) electrons. The molecule has 2 N–H and O–H groups in total. The summed E-state index contributed by atoms with van der Waals surface area (Å²) in [4.78, 5) is 2.50. The zero-order valence-electron chi connectivity index (χ0n) is 12.3. The first-order chi connectivity index (χ1) is 9.43. The molecule has 1 saturated heterocycles. The van der Waals surface area contributed by atoms with Gasteiger partial charge in [0.15, 0.2) is 0 Å². The van der Waals surface area contributed by atoms with E-state index in [0.717, 1.165) is 28.1 Å². The highest BCUT2D eigenvalue weighted by atomic mass is 79.9. The van der Waals surface area contributed by atoms with E-state index >= 15 is 0 Å². The highest BCUT2D eigenvalue weighted by Gasteiger charge is 2.27. The molecule has 0 amide bonds. The molecule has 1 aliphatic heterocycles. The quantitative estimate of drug-likeness (QED) is 0.853. The van der Waals surface area contributed by atoms with E-state index in [9.17, 15) is 0 Å². The van der Waals surface area contributed by atoms with Gasteiger partial charge in [-0.1, -0.05) is 47.4 Å².